The van der Waals surface area contributed by atoms with Gasteiger partial charge >= 0.3 is 5.97 Å². The third-order valence-electron chi connectivity index (χ3n) is 4.75. The van der Waals surface area contributed by atoms with Gasteiger partial charge in [0.25, 0.3) is 11.8 Å². The highest BCUT2D eigenvalue weighted by molar-refractivity contribution is 8.27. The molecule has 0 atom stereocenters. The number of carbonyl (C=O) groups is 4. The molecule has 0 bridgehead atoms. The molecule has 8 nitrogen and oxygen atoms in total. The number of fused-ring (bicyclic) bond motifs is 1. The largest absolute Gasteiger partial charge is 0.462 e. The van der Waals surface area contributed by atoms with Crippen molar-refractivity contribution in [2.45, 2.75) is 6.92 Å². The van der Waals surface area contributed by atoms with Crippen LogP contribution < -0.4 is 15.5 Å². The first kappa shape index (κ1) is 21.7. The summed E-state index contributed by atoms with van der Waals surface area (Å²) in [4.78, 5) is 51.4. The molecule has 1 saturated heterocycles. The highest BCUT2D eigenvalue weighted by Gasteiger charge is 2.39. The van der Waals surface area contributed by atoms with Gasteiger partial charge in [0.05, 0.1) is 28.3 Å². The molecule has 2 N–H and O–H groups in total. The topological polar surface area (TPSA) is 105 Å². The molecule has 2 aromatic rings. The average Bonchev–Trinajstić information content (AvgIpc) is 3.24. The van der Waals surface area contributed by atoms with E-state index in [0.717, 1.165) is 11.8 Å². The Labute approximate surface area is 193 Å². The number of nitrogens with one attached hydrogen (secondary N) is 2. The number of amides is 3. The van der Waals surface area contributed by atoms with Crippen molar-refractivity contribution in [3.05, 3.63) is 64.6 Å². The fraction of sp³-hybridized carbons (Fsp3) is 0.136. The average molecular weight is 468 g/mol. The van der Waals surface area contributed by atoms with E-state index in [4.69, 9.17) is 17.0 Å². The smallest absolute Gasteiger partial charge is 0.338 e. The Hall–Kier alpha value is -3.50. The number of hydrogen-bond acceptors (Lipinski definition) is 7. The van der Waals surface area contributed by atoms with Crippen molar-refractivity contribution in [2.75, 3.05) is 23.4 Å². The number of hydrogen-bond donors (Lipinski definition) is 2. The van der Waals surface area contributed by atoms with E-state index in [1.54, 1.807) is 55.5 Å². The zero-order chi connectivity index (χ0) is 22.8. The van der Waals surface area contributed by atoms with Gasteiger partial charge in [-0.15, -0.1) is 0 Å². The van der Waals surface area contributed by atoms with E-state index in [9.17, 15) is 19.2 Å². The van der Waals surface area contributed by atoms with Crippen LogP contribution in [-0.2, 0) is 19.1 Å². The monoisotopic (exact) mass is 467 g/mol. The van der Waals surface area contributed by atoms with Crippen LogP contribution in [0.1, 0.15) is 22.8 Å². The zero-order valence-corrected chi connectivity index (χ0v) is 18.5. The molecule has 0 aromatic heterocycles. The summed E-state index contributed by atoms with van der Waals surface area (Å²) in [7, 11) is 0. The summed E-state index contributed by atoms with van der Waals surface area (Å²) in [5.74, 6) is -1.74. The van der Waals surface area contributed by atoms with E-state index in [0.29, 0.717) is 22.5 Å². The van der Waals surface area contributed by atoms with Gasteiger partial charge < -0.3 is 15.4 Å². The van der Waals surface area contributed by atoms with Crippen LogP contribution in [0.5, 0.6) is 0 Å². The van der Waals surface area contributed by atoms with Gasteiger partial charge in [-0.1, -0.05) is 42.2 Å². The van der Waals surface area contributed by atoms with E-state index in [-0.39, 0.29) is 28.0 Å². The molecule has 1 fully saturated rings. The van der Waals surface area contributed by atoms with Crippen molar-refractivity contribution < 1.29 is 23.9 Å². The van der Waals surface area contributed by atoms with Crippen LogP contribution in [0.4, 0.5) is 11.4 Å². The minimum absolute atomic E-state index is 0.227. The lowest BCUT2D eigenvalue weighted by molar-refractivity contribution is -0.118. The van der Waals surface area contributed by atoms with Crippen molar-refractivity contribution in [2.24, 2.45) is 0 Å². The van der Waals surface area contributed by atoms with Gasteiger partial charge in [0.15, 0.2) is 0 Å². The zero-order valence-electron chi connectivity index (χ0n) is 16.8. The Morgan fingerprint density at radius 3 is 2.50 bits per heavy atom. The van der Waals surface area contributed by atoms with Gasteiger partial charge in [-0.05, 0) is 37.3 Å². The molecule has 0 saturated carbocycles. The van der Waals surface area contributed by atoms with Crippen LogP contribution in [0.3, 0.4) is 0 Å². The van der Waals surface area contributed by atoms with Crippen LogP contribution in [-0.4, -0.2) is 41.2 Å². The normalized spacial score (nSPS) is 17.3. The molecule has 2 aliphatic heterocycles. The maximum absolute atomic E-state index is 13.2. The first-order valence-electron chi connectivity index (χ1n) is 9.64. The number of para-hydroxylation sites is 1. The molecule has 2 heterocycles. The number of rotatable bonds is 5. The van der Waals surface area contributed by atoms with E-state index in [1.165, 1.54) is 4.90 Å². The molecular formula is C22H17N3O5S2. The molecule has 4 rings (SSSR count). The second kappa shape index (κ2) is 8.93. The molecule has 3 amide bonds. The highest BCUT2D eigenvalue weighted by Crippen LogP contribution is 2.42. The number of thiocarbonyl (C=S) groups is 1. The number of carbonyl (C=O) groups excluding carboxylic acids is 4. The number of esters is 1. The molecule has 0 unspecified atom stereocenters. The van der Waals surface area contributed by atoms with Crippen molar-refractivity contribution in [1.29, 1.82) is 0 Å². The second-order valence-corrected chi connectivity index (χ2v) is 8.49. The minimum Gasteiger partial charge on any atom is -0.462 e. The minimum atomic E-state index is -0.446. The Balaban J connectivity index is 1.53. The maximum atomic E-state index is 13.2. The molecule has 0 aliphatic carbocycles. The molecule has 0 radical (unpaired) electrons. The van der Waals surface area contributed by atoms with Crippen LogP contribution >= 0.6 is 24.0 Å². The Bertz CT molecular complexity index is 1190. The highest BCUT2D eigenvalue weighted by atomic mass is 32.2. The lowest BCUT2D eigenvalue weighted by Crippen LogP contribution is -2.35. The van der Waals surface area contributed by atoms with E-state index in [1.807, 2.05) is 0 Å². The quantitative estimate of drug-likeness (QED) is 0.396. The molecule has 2 aliphatic rings. The number of ether oxygens (including phenoxy) is 1. The number of benzene rings is 2. The number of nitrogens with zero attached hydrogens (tertiary/aromatic N) is 1. The van der Waals surface area contributed by atoms with Crippen molar-refractivity contribution in [3.8, 4) is 0 Å². The van der Waals surface area contributed by atoms with Gasteiger partial charge in [-0.25, -0.2) is 4.79 Å². The Morgan fingerprint density at radius 2 is 1.84 bits per heavy atom. The summed E-state index contributed by atoms with van der Waals surface area (Å²) in [6.45, 7) is 1.74. The Morgan fingerprint density at radius 1 is 1.12 bits per heavy atom. The third-order valence-corrected chi connectivity index (χ3v) is 5.98. The van der Waals surface area contributed by atoms with E-state index < -0.39 is 23.7 Å². The second-order valence-electron chi connectivity index (χ2n) is 6.80. The molecule has 0 spiro atoms. The lowest BCUT2D eigenvalue weighted by atomic mass is 10.1. The van der Waals surface area contributed by atoms with Crippen LogP contribution in [0.25, 0.3) is 5.57 Å². The molecule has 10 heteroatoms. The van der Waals surface area contributed by atoms with Crippen molar-refractivity contribution in [1.82, 2.24) is 5.32 Å². The summed E-state index contributed by atoms with van der Waals surface area (Å²) in [5, 5.41) is 5.23. The van der Waals surface area contributed by atoms with Crippen molar-refractivity contribution >= 4 is 68.9 Å². The van der Waals surface area contributed by atoms with Gasteiger partial charge in [0.1, 0.15) is 10.9 Å². The summed E-state index contributed by atoms with van der Waals surface area (Å²) < 4.78 is 5.22. The summed E-state index contributed by atoms with van der Waals surface area (Å²) >= 11 is 6.07. The SMILES string of the molecule is CCOC(=O)c1ccc(NC(=O)CN2C(=O)/C(=C3\SC(=S)NC3=O)c3ccccc32)cc1. The molecule has 162 valence electrons. The van der Waals surface area contributed by atoms with E-state index in [2.05, 4.69) is 10.6 Å². The van der Waals surface area contributed by atoms with Crippen LogP contribution in [0, 0.1) is 0 Å². The predicted molar refractivity (Wildman–Crippen MR) is 125 cm³/mol. The first-order chi connectivity index (χ1) is 15.4. The summed E-state index contributed by atoms with van der Waals surface area (Å²) in [6.07, 6.45) is 0. The number of anilines is 2. The Kier molecular flexibility index (Phi) is 6.06. The van der Waals surface area contributed by atoms with Crippen LogP contribution in [0.15, 0.2) is 53.4 Å². The molecule has 32 heavy (non-hydrogen) atoms. The van der Waals surface area contributed by atoms with Gasteiger partial charge in [0.2, 0.25) is 5.91 Å². The van der Waals surface area contributed by atoms with Crippen LogP contribution in [0.2, 0.25) is 0 Å². The molecular weight excluding hydrogens is 450 g/mol. The third kappa shape index (κ3) is 4.14. The van der Waals surface area contributed by atoms with Gasteiger partial charge in [-0.2, -0.15) is 0 Å². The number of thioether (sulfide) groups is 1. The van der Waals surface area contributed by atoms with Gasteiger partial charge in [0, 0.05) is 11.3 Å². The van der Waals surface area contributed by atoms with Gasteiger partial charge in [-0.3, -0.25) is 19.3 Å². The lowest BCUT2D eigenvalue weighted by Gasteiger charge is -2.17. The summed E-state index contributed by atoms with van der Waals surface area (Å²) in [5.41, 5.74) is 2.19. The first-order valence-corrected chi connectivity index (χ1v) is 10.9. The van der Waals surface area contributed by atoms with E-state index >= 15 is 0 Å². The maximum Gasteiger partial charge on any atom is 0.338 e. The molecule has 2 aromatic carbocycles. The fourth-order valence-corrected chi connectivity index (χ4v) is 4.50. The fourth-order valence-electron chi connectivity index (χ4n) is 3.38. The summed E-state index contributed by atoms with van der Waals surface area (Å²) in [6, 6.07) is 13.2. The standard InChI is InChI=1S/C22H17N3O5S2/c1-2-30-21(29)12-7-9-13(10-8-12)23-16(26)11-25-15-6-4-3-5-14(15)17(20(25)28)18-19(27)24-22(31)32-18/h3-10H,2,11H2,1H3,(H,23,26)(H,24,27,31)/b18-17-. The van der Waals surface area contributed by atoms with Crippen molar-refractivity contribution in [3.63, 3.8) is 0 Å². The predicted octanol–water partition coefficient (Wildman–Crippen LogP) is 2.71.